The van der Waals surface area contributed by atoms with E-state index in [0.717, 1.165) is 37.1 Å². The lowest BCUT2D eigenvalue weighted by Crippen LogP contribution is -2.34. The number of hydrogen-bond donors (Lipinski definition) is 1. The smallest absolute Gasteiger partial charge is 0.250 e. The third-order valence-corrected chi connectivity index (χ3v) is 4.96. The molecule has 30 heavy (non-hydrogen) atoms. The van der Waals surface area contributed by atoms with Crippen molar-refractivity contribution in [1.82, 2.24) is 9.88 Å². The molecule has 3 rings (SSSR count). The molecule has 0 saturated carbocycles. The van der Waals surface area contributed by atoms with E-state index in [1.165, 1.54) is 0 Å². The average Bonchev–Trinajstić information content (AvgIpc) is 2.91. The van der Waals surface area contributed by atoms with Crippen LogP contribution in [0, 0.1) is 0 Å². The van der Waals surface area contributed by atoms with E-state index >= 15 is 0 Å². The molecule has 1 aromatic heterocycles. The van der Waals surface area contributed by atoms with Gasteiger partial charge in [0.15, 0.2) is 5.78 Å². The summed E-state index contributed by atoms with van der Waals surface area (Å²) in [5, 5.41) is 0. The van der Waals surface area contributed by atoms with Crippen LogP contribution in [0.2, 0.25) is 0 Å². The molecule has 1 aromatic carbocycles. The predicted octanol–water partition coefficient (Wildman–Crippen LogP) is 3.93. The average molecular weight is 405 g/mol. The third kappa shape index (κ3) is 5.20. The van der Waals surface area contributed by atoms with E-state index in [1.54, 1.807) is 24.5 Å². The SMILES string of the molecule is CCCN(CCC)C(=O)C1=Cc2ccc(CC(=O)c3cccnc3)cc2N=C(N)C1. The number of amides is 1. The van der Waals surface area contributed by atoms with Crippen molar-refractivity contribution in [3.63, 3.8) is 0 Å². The molecule has 0 unspecified atom stereocenters. The van der Waals surface area contributed by atoms with E-state index in [9.17, 15) is 9.59 Å². The highest BCUT2D eigenvalue weighted by molar-refractivity contribution is 6.05. The number of Topliss-reactive ketones (excluding diaryl/α,β-unsaturated/α-hetero) is 1. The first-order valence-corrected chi connectivity index (χ1v) is 10.4. The van der Waals surface area contributed by atoms with Crippen molar-refractivity contribution in [3.8, 4) is 0 Å². The van der Waals surface area contributed by atoms with Gasteiger partial charge in [0.25, 0.3) is 0 Å². The van der Waals surface area contributed by atoms with Crippen LogP contribution in [0.15, 0.2) is 53.3 Å². The number of rotatable bonds is 8. The Kier molecular flexibility index (Phi) is 7.12. The molecule has 2 N–H and O–H groups in total. The van der Waals surface area contributed by atoms with E-state index in [0.29, 0.717) is 29.1 Å². The number of fused-ring (bicyclic) bond motifs is 1. The number of pyridine rings is 1. The van der Waals surface area contributed by atoms with Crippen molar-refractivity contribution in [3.05, 3.63) is 65.0 Å². The van der Waals surface area contributed by atoms with Crippen LogP contribution < -0.4 is 5.73 Å². The molecule has 1 aliphatic rings. The molecule has 1 amide bonds. The van der Waals surface area contributed by atoms with Gasteiger partial charge < -0.3 is 10.6 Å². The number of aromatic nitrogens is 1. The van der Waals surface area contributed by atoms with Gasteiger partial charge in [-0.2, -0.15) is 0 Å². The number of nitrogens with two attached hydrogens (primary N) is 1. The molecule has 0 spiro atoms. The second-order valence-corrected chi connectivity index (χ2v) is 7.48. The number of amidine groups is 1. The lowest BCUT2D eigenvalue weighted by molar-refractivity contribution is -0.127. The second-order valence-electron chi connectivity index (χ2n) is 7.48. The first kappa shape index (κ1) is 21.4. The van der Waals surface area contributed by atoms with E-state index < -0.39 is 0 Å². The summed E-state index contributed by atoms with van der Waals surface area (Å²) in [6.07, 6.45) is 7.49. The van der Waals surface area contributed by atoms with Crippen LogP contribution in [0.5, 0.6) is 0 Å². The number of carbonyl (C=O) groups is 2. The number of aliphatic imine (C=N–C) groups is 1. The van der Waals surface area contributed by atoms with E-state index in [-0.39, 0.29) is 18.1 Å². The summed E-state index contributed by atoms with van der Waals surface area (Å²) < 4.78 is 0. The predicted molar refractivity (Wildman–Crippen MR) is 120 cm³/mol. The van der Waals surface area contributed by atoms with Gasteiger partial charge in [-0.25, -0.2) is 4.99 Å². The van der Waals surface area contributed by atoms with Gasteiger partial charge in [-0.15, -0.1) is 0 Å². The van der Waals surface area contributed by atoms with E-state index in [1.807, 2.05) is 29.2 Å². The van der Waals surface area contributed by atoms with Gasteiger partial charge >= 0.3 is 0 Å². The highest BCUT2D eigenvalue weighted by atomic mass is 16.2. The molecular weight excluding hydrogens is 376 g/mol. The molecule has 156 valence electrons. The Bertz CT molecular complexity index is 974. The molecule has 2 aromatic rings. The zero-order valence-corrected chi connectivity index (χ0v) is 17.6. The largest absolute Gasteiger partial charge is 0.387 e. The summed E-state index contributed by atoms with van der Waals surface area (Å²) in [6.45, 7) is 5.58. The summed E-state index contributed by atoms with van der Waals surface area (Å²) in [6, 6.07) is 9.18. The van der Waals surface area contributed by atoms with Gasteiger partial charge in [0.2, 0.25) is 5.91 Å². The zero-order valence-electron chi connectivity index (χ0n) is 17.6. The zero-order chi connectivity index (χ0) is 21.5. The van der Waals surface area contributed by atoms with Crippen molar-refractivity contribution in [1.29, 1.82) is 0 Å². The normalized spacial score (nSPS) is 13.0. The number of carbonyl (C=O) groups excluding carboxylic acids is 2. The summed E-state index contributed by atoms with van der Waals surface area (Å²) in [4.78, 5) is 35.9. The summed E-state index contributed by atoms with van der Waals surface area (Å²) in [5.74, 6) is 0.410. The Hall–Kier alpha value is -3.28. The van der Waals surface area contributed by atoms with Gasteiger partial charge in [-0.05, 0) is 42.7 Å². The van der Waals surface area contributed by atoms with E-state index in [4.69, 9.17) is 5.73 Å². The van der Waals surface area contributed by atoms with Crippen molar-refractivity contribution in [2.24, 2.45) is 10.7 Å². The fourth-order valence-electron chi connectivity index (χ4n) is 3.56. The number of nitrogens with zero attached hydrogens (tertiary/aromatic N) is 3. The van der Waals surface area contributed by atoms with Crippen LogP contribution in [0.4, 0.5) is 5.69 Å². The van der Waals surface area contributed by atoms with E-state index in [2.05, 4.69) is 23.8 Å². The van der Waals surface area contributed by atoms with Gasteiger partial charge in [0, 0.05) is 55.0 Å². The van der Waals surface area contributed by atoms with Crippen LogP contribution in [0.3, 0.4) is 0 Å². The van der Waals surface area contributed by atoms with Crippen LogP contribution >= 0.6 is 0 Å². The molecule has 0 bridgehead atoms. The molecule has 6 heteroatoms. The summed E-state index contributed by atoms with van der Waals surface area (Å²) >= 11 is 0. The molecule has 1 aliphatic heterocycles. The van der Waals surface area contributed by atoms with Crippen LogP contribution in [-0.4, -0.2) is 40.5 Å². The first-order chi connectivity index (χ1) is 14.5. The standard InChI is InChI=1S/C24H28N4O2/c1-3-10-28(11-4-2)24(30)20-14-18-8-7-17(12-21(18)27-23(25)15-20)13-22(29)19-6-5-9-26-16-19/h5-9,12,14,16H,3-4,10-11,13,15H2,1-2H3,(H2,25,27). The topological polar surface area (TPSA) is 88.7 Å². The van der Waals surface area contributed by atoms with Crippen molar-refractivity contribution < 1.29 is 9.59 Å². The Morgan fingerprint density at radius 1 is 1.13 bits per heavy atom. The molecule has 2 heterocycles. The van der Waals surface area contributed by atoms with Gasteiger partial charge in [0.1, 0.15) is 5.84 Å². The maximum atomic E-state index is 13.1. The lowest BCUT2D eigenvalue weighted by atomic mass is 10.0. The lowest BCUT2D eigenvalue weighted by Gasteiger charge is -2.22. The molecule has 0 aliphatic carbocycles. The Morgan fingerprint density at radius 3 is 2.57 bits per heavy atom. The van der Waals surface area contributed by atoms with Crippen molar-refractivity contribution in [2.45, 2.75) is 39.5 Å². The summed E-state index contributed by atoms with van der Waals surface area (Å²) in [5.41, 5.74) is 9.73. The molecular formula is C24H28N4O2. The van der Waals surface area contributed by atoms with Crippen LogP contribution in [-0.2, 0) is 11.2 Å². The molecule has 6 nitrogen and oxygen atoms in total. The highest BCUT2D eigenvalue weighted by Gasteiger charge is 2.21. The van der Waals surface area contributed by atoms with Crippen LogP contribution in [0.25, 0.3) is 6.08 Å². The minimum Gasteiger partial charge on any atom is -0.387 e. The molecule has 0 radical (unpaired) electrons. The second kappa shape index (κ2) is 9.96. The minimum absolute atomic E-state index is 0.00481. The maximum absolute atomic E-state index is 13.1. The Labute approximate surface area is 177 Å². The number of benzene rings is 1. The highest BCUT2D eigenvalue weighted by Crippen LogP contribution is 2.29. The van der Waals surface area contributed by atoms with Gasteiger partial charge in [0.05, 0.1) is 5.69 Å². The maximum Gasteiger partial charge on any atom is 0.250 e. The monoisotopic (exact) mass is 404 g/mol. The fraction of sp³-hybridized carbons (Fsp3) is 0.333. The third-order valence-electron chi connectivity index (χ3n) is 4.96. The molecule has 0 atom stereocenters. The fourth-order valence-corrected chi connectivity index (χ4v) is 3.56. The van der Waals surface area contributed by atoms with Gasteiger partial charge in [-0.1, -0.05) is 26.0 Å². The first-order valence-electron chi connectivity index (χ1n) is 10.4. The Balaban J connectivity index is 1.86. The van der Waals surface area contributed by atoms with Crippen LogP contribution in [0.1, 0.15) is 54.6 Å². The van der Waals surface area contributed by atoms with Crippen molar-refractivity contribution in [2.75, 3.05) is 13.1 Å². The van der Waals surface area contributed by atoms with Crippen molar-refractivity contribution >= 4 is 29.3 Å². The molecule has 0 fully saturated rings. The minimum atomic E-state index is -0.00481. The quantitative estimate of drug-likeness (QED) is 0.675. The number of hydrogen-bond acceptors (Lipinski definition) is 5. The number of ketones is 1. The Morgan fingerprint density at radius 2 is 1.90 bits per heavy atom. The summed E-state index contributed by atoms with van der Waals surface area (Å²) in [7, 11) is 0. The molecule has 0 saturated heterocycles. The van der Waals surface area contributed by atoms with Gasteiger partial charge in [-0.3, -0.25) is 14.6 Å².